The van der Waals surface area contributed by atoms with Crippen LogP contribution in [0.25, 0.3) is 0 Å². The Morgan fingerprint density at radius 2 is 1.79 bits per heavy atom. The standard InChI is InChI=1S/C14H8BrCl3O/c15-9-4-5-11(16)10(7-9)13(19)6-8-2-1-3-12(17)14(8)18/h1-5,7H,6H2. The molecular weight excluding hydrogens is 370 g/mol. The fourth-order valence-corrected chi connectivity index (χ4v) is 2.64. The van der Waals surface area contributed by atoms with Gasteiger partial charge in [0.15, 0.2) is 5.78 Å². The van der Waals surface area contributed by atoms with Crippen molar-refractivity contribution in [3.63, 3.8) is 0 Å². The number of ketones is 1. The van der Waals surface area contributed by atoms with Crippen molar-refractivity contribution in [1.29, 1.82) is 0 Å². The van der Waals surface area contributed by atoms with Gasteiger partial charge in [-0.25, -0.2) is 0 Å². The van der Waals surface area contributed by atoms with Gasteiger partial charge in [-0.3, -0.25) is 4.79 Å². The molecule has 2 aromatic carbocycles. The Labute approximate surface area is 134 Å². The van der Waals surface area contributed by atoms with Gasteiger partial charge in [0.05, 0.1) is 15.1 Å². The summed E-state index contributed by atoms with van der Waals surface area (Å²) in [6, 6.07) is 10.4. The molecule has 0 radical (unpaired) electrons. The topological polar surface area (TPSA) is 17.1 Å². The van der Waals surface area contributed by atoms with Gasteiger partial charge in [0.2, 0.25) is 0 Å². The molecule has 2 rings (SSSR count). The molecule has 0 fully saturated rings. The van der Waals surface area contributed by atoms with E-state index in [2.05, 4.69) is 15.9 Å². The first-order valence-electron chi connectivity index (χ1n) is 5.40. The Hall–Kier alpha value is -0.540. The van der Waals surface area contributed by atoms with Gasteiger partial charge in [0, 0.05) is 16.5 Å². The summed E-state index contributed by atoms with van der Waals surface area (Å²) in [5.74, 6) is -0.101. The van der Waals surface area contributed by atoms with E-state index in [4.69, 9.17) is 34.8 Å². The summed E-state index contributed by atoms with van der Waals surface area (Å²) in [7, 11) is 0. The third kappa shape index (κ3) is 3.51. The fraction of sp³-hybridized carbons (Fsp3) is 0.0714. The highest BCUT2D eigenvalue weighted by atomic mass is 79.9. The zero-order valence-electron chi connectivity index (χ0n) is 9.59. The third-order valence-electron chi connectivity index (χ3n) is 2.61. The number of carbonyl (C=O) groups excluding carboxylic acids is 1. The van der Waals surface area contributed by atoms with E-state index in [1.807, 2.05) is 0 Å². The quantitative estimate of drug-likeness (QED) is 0.614. The summed E-state index contributed by atoms with van der Waals surface area (Å²) < 4.78 is 0.803. The lowest BCUT2D eigenvalue weighted by Gasteiger charge is -2.07. The molecule has 98 valence electrons. The van der Waals surface area contributed by atoms with E-state index < -0.39 is 0 Å². The Morgan fingerprint density at radius 3 is 2.53 bits per heavy atom. The van der Waals surface area contributed by atoms with Gasteiger partial charge in [-0.2, -0.15) is 0 Å². The largest absolute Gasteiger partial charge is 0.294 e. The van der Waals surface area contributed by atoms with E-state index >= 15 is 0 Å². The summed E-state index contributed by atoms with van der Waals surface area (Å²) in [6.07, 6.45) is 0.162. The van der Waals surface area contributed by atoms with Crippen molar-refractivity contribution in [2.75, 3.05) is 0 Å². The van der Waals surface area contributed by atoms with E-state index in [1.54, 1.807) is 36.4 Å². The molecule has 0 unspecified atom stereocenters. The lowest BCUT2D eigenvalue weighted by atomic mass is 10.0. The maximum absolute atomic E-state index is 12.2. The number of rotatable bonds is 3. The van der Waals surface area contributed by atoms with Gasteiger partial charge < -0.3 is 0 Å². The molecule has 2 aromatic rings. The lowest BCUT2D eigenvalue weighted by Crippen LogP contribution is -2.05. The molecule has 0 amide bonds. The molecule has 0 heterocycles. The van der Waals surface area contributed by atoms with Crippen LogP contribution in [0.1, 0.15) is 15.9 Å². The highest BCUT2D eigenvalue weighted by molar-refractivity contribution is 9.10. The van der Waals surface area contributed by atoms with E-state index in [0.29, 0.717) is 26.2 Å². The molecule has 0 saturated carbocycles. The van der Waals surface area contributed by atoms with Crippen molar-refractivity contribution in [2.24, 2.45) is 0 Å². The second-order valence-electron chi connectivity index (χ2n) is 3.94. The molecule has 0 aliphatic carbocycles. The average Bonchev–Trinajstić information content (AvgIpc) is 2.38. The normalized spacial score (nSPS) is 10.5. The first-order chi connectivity index (χ1) is 8.99. The molecular formula is C14H8BrCl3O. The number of carbonyl (C=O) groups is 1. The van der Waals surface area contributed by atoms with E-state index in [9.17, 15) is 4.79 Å². The zero-order valence-corrected chi connectivity index (χ0v) is 13.4. The van der Waals surface area contributed by atoms with Crippen LogP contribution in [0.2, 0.25) is 15.1 Å². The minimum Gasteiger partial charge on any atom is -0.294 e. The van der Waals surface area contributed by atoms with Crippen LogP contribution < -0.4 is 0 Å². The zero-order chi connectivity index (χ0) is 14.0. The molecule has 0 aliphatic rings. The van der Waals surface area contributed by atoms with Crippen LogP contribution >= 0.6 is 50.7 Å². The first-order valence-corrected chi connectivity index (χ1v) is 7.33. The molecule has 0 N–H and O–H groups in total. The summed E-state index contributed by atoms with van der Waals surface area (Å²) in [4.78, 5) is 12.2. The lowest BCUT2D eigenvalue weighted by molar-refractivity contribution is 0.0993. The molecule has 0 saturated heterocycles. The summed E-state index contributed by atoms with van der Waals surface area (Å²) in [5.41, 5.74) is 1.15. The second kappa shape index (κ2) is 6.27. The molecule has 0 aromatic heterocycles. The Kier molecular flexibility index (Phi) is 4.91. The summed E-state index contributed by atoms with van der Waals surface area (Å²) in [5, 5.41) is 1.27. The molecule has 0 aliphatic heterocycles. The molecule has 19 heavy (non-hydrogen) atoms. The number of benzene rings is 2. The smallest absolute Gasteiger partial charge is 0.168 e. The van der Waals surface area contributed by atoms with Gasteiger partial charge >= 0.3 is 0 Å². The minimum absolute atomic E-state index is 0.101. The maximum atomic E-state index is 12.2. The van der Waals surface area contributed by atoms with E-state index in [1.165, 1.54) is 0 Å². The van der Waals surface area contributed by atoms with Crippen molar-refractivity contribution in [3.8, 4) is 0 Å². The van der Waals surface area contributed by atoms with Crippen LogP contribution in [0.3, 0.4) is 0 Å². The SMILES string of the molecule is O=C(Cc1cccc(Cl)c1Cl)c1cc(Br)ccc1Cl. The van der Waals surface area contributed by atoms with Crippen molar-refractivity contribution in [1.82, 2.24) is 0 Å². The Bertz CT molecular complexity index is 641. The van der Waals surface area contributed by atoms with Crippen LogP contribution in [-0.4, -0.2) is 5.78 Å². The Balaban J connectivity index is 2.31. The van der Waals surface area contributed by atoms with E-state index in [0.717, 1.165) is 4.47 Å². The Morgan fingerprint density at radius 1 is 1.05 bits per heavy atom. The van der Waals surface area contributed by atoms with Gasteiger partial charge in [0.1, 0.15) is 0 Å². The van der Waals surface area contributed by atoms with Crippen LogP contribution in [0.5, 0.6) is 0 Å². The highest BCUT2D eigenvalue weighted by Gasteiger charge is 2.14. The number of hydrogen-bond acceptors (Lipinski definition) is 1. The molecule has 5 heteroatoms. The van der Waals surface area contributed by atoms with Crippen LogP contribution in [0.4, 0.5) is 0 Å². The first kappa shape index (κ1) is 14.9. The number of Topliss-reactive ketones (excluding diaryl/α,β-unsaturated/α-hetero) is 1. The average molecular weight is 378 g/mol. The van der Waals surface area contributed by atoms with Crippen molar-refractivity contribution < 1.29 is 4.79 Å². The monoisotopic (exact) mass is 376 g/mol. The van der Waals surface area contributed by atoms with Gasteiger partial charge in [0.25, 0.3) is 0 Å². The molecule has 0 atom stereocenters. The maximum Gasteiger partial charge on any atom is 0.168 e. The van der Waals surface area contributed by atoms with Gasteiger partial charge in [-0.1, -0.05) is 62.9 Å². The van der Waals surface area contributed by atoms with Crippen molar-refractivity contribution in [2.45, 2.75) is 6.42 Å². The van der Waals surface area contributed by atoms with Crippen LogP contribution in [-0.2, 0) is 6.42 Å². The van der Waals surface area contributed by atoms with Crippen LogP contribution in [0, 0.1) is 0 Å². The predicted molar refractivity (Wildman–Crippen MR) is 83.6 cm³/mol. The summed E-state index contributed by atoms with van der Waals surface area (Å²) in [6.45, 7) is 0. The summed E-state index contributed by atoms with van der Waals surface area (Å²) >= 11 is 21.3. The number of hydrogen-bond donors (Lipinski definition) is 0. The van der Waals surface area contributed by atoms with E-state index in [-0.39, 0.29) is 12.2 Å². The molecule has 0 bridgehead atoms. The van der Waals surface area contributed by atoms with Gasteiger partial charge in [-0.15, -0.1) is 0 Å². The molecule has 0 spiro atoms. The van der Waals surface area contributed by atoms with Crippen molar-refractivity contribution in [3.05, 3.63) is 67.1 Å². The predicted octanol–water partition coefficient (Wildman–Crippen LogP) is 5.83. The number of halogens is 4. The molecule has 1 nitrogen and oxygen atoms in total. The fourth-order valence-electron chi connectivity index (χ4n) is 1.66. The third-order valence-corrected chi connectivity index (χ3v) is 4.29. The van der Waals surface area contributed by atoms with Crippen molar-refractivity contribution >= 4 is 56.5 Å². The highest BCUT2D eigenvalue weighted by Crippen LogP contribution is 2.28. The minimum atomic E-state index is -0.101. The van der Waals surface area contributed by atoms with Crippen LogP contribution in [0.15, 0.2) is 40.9 Å². The van der Waals surface area contributed by atoms with Gasteiger partial charge in [-0.05, 0) is 29.8 Å². The second-order valence-corrected chi connectivity index (χ2v) is 6.05.